The van der Waals surface area contributed by atoms with Crippen LogP contribution in [0.3, 0.4) is 0 Å². The lowest BCUT2D eigenvalue weighted by Crippen LogP contribution is -2.32. The fourth-order valence-electron chi connectivity index (χ4n) is 1.81. The van der Waals surface area contributed by atoms with E-state index in [0.717, 1.165) is 26.1 Å². The number of carbonyl (C=O) groups is 1. The molecule has 90 valence electrons. The molecule has 0 aliphatic rings. The van der Waals surface area contributed by atoms with E-state index in [1.807, 2.05) is 29.5 Å². The molecule has 4 heteroatoms. The molecule has 0 unspecified atom stereocenters. The topological polar surface area (TPSA) is 51.3 Å². The van der Waals surface area contributed by atoms with Crippen LogP contribution in [0.1, 0.15) is 37.7 Å². The van der Waals surface area contributed by atoms with Crippen molar-refractivity contribution in [3.05, 3.63) is 18.0 Å². The van der Waals surface area contributed by atoms with Crippen molar-refractivity contribution in [2.75, 3.05) is 18.8 Å². The van der Waals surface area contributed by atoms with Gasteiger partial charge in [-0.3, -0.25) is 4.79 Å². The first-order valence-corrected chi connectivity index (χ1v) is 5.88. The highest BCUT2D eigenvalue weighted by Gasteiger charge is 2.17. The van der Waals surface area contributed by atoms with Crippen molar-refractivity contribution in [1.82, 2.24) is 9.47 Å². The maximum atomic E-state index is 12.2. The Kier molecular flexibility index (Phi) is 4.40. The Morgan fingerprint density at radius 3 is 2.62 bits per heavy atom. The summed E-state index contributed by atoms with van der Waals surface area (Å²) in [6, 6.07) is 1.75. The SMILES string of the molecule is CCCN(CC)C(=O)c1cc(N)cn1CC. The van der Waals surface area contributed by atoms with Crippen molar-refractivity contribution in [3.8, 4) is 0 Å². The molecular weight excluding hydrogens is 202 g/mol. The highest BCUT2D eigenvalue weighted by atomic mass is 16.2. The molecule has 1 heterocycles. The van der Waals surface area contributed by atoms with E-state index in [1.165, 1.54) is 0 Å². The second-order valence-electron chi connectivity index (χ2n) is 3.83. The van der Waals surface area contributed by atoms with E-state index in [4.69, 9.17) is 5.73 Å². The number of hydrogen-bond acceptors (Lipinski definition) is 2. The maximum absolute atomic E-state index is 12.2. The Balaban J connectivity index is 2.93. The number of nitrogens with zero attached hydrogens (tertiary/aromatic N) is 2. The summed E-state index contributed by atoms with van der Waals surface area (Å²) in [6.45, 7) is 8.37. The van der Waals surface area contributed by atoms with Gasteiger partial charge in [-0.05, 0) is 26.3 Å². The van der Waals surface area contributed by atoms with Gasteiger partial charge in [-0.25, -0.2) is 0 Å². The highest BCUT2D eigenvalue weighted by molar-refractivity contribution is 5.93. The molecule has 0 atom stereocenters. The van der Waals surface area contributed by atoms with E-state index in [-0.39, 0.29) is 5.91 Å². The molecule has 0 radical (unpaired) electrons. The highest BCUT2D eigenvalue weighted by Crippen LogP contribution is 2.13. The van der Waals surface area contributed by atoms with Crippen LogP contribution >= 0.6 is 0 Å². The third-order valence-corrected chi connectivity index (χ3v) is 2.64. The van der Waals surface area contributed by atoms with Crippen LogP contribution in [0.5, 0.6) is 0 Å². The summed E-state index contributed by atoms with van der Waals surface area (Å²) >= 11 is 0. The largest absolute Gasteiger partial charge is 0.397 e. The lowest BCUT2D eigenvalue weighted by atomic mass is 10.3. The van der Waals surface area contributed by atoms with Crippen LogP contribution in [-0.2, 0) is 6.54 Å². The Morgan fingerprint density at radius 2 is 2.12 bits per heavy atom. The van der Waals surface area contributed by atoms with Gasteiger partial charge in [0.1, 0.15) is 5.69 Å². The molecule has 4 nitrogen and oxygen atoms in total. The van der Waals surface area contributed by atoms with E-state index in [0.29, 0.717) is 11.4 Å². The number of hydrogen-bond donors (Lipinski definition) is 1. The normalized spacial score (nSPS) is 10.4. The Hall–Kier alpha value is -1.45. The molecule has 0 saturated carbocycles. The van der Waals surface area contributed by atoms with Crippen molar-refractivity contribution in [1.29, 1.82) is 0 Å². The van der Waals surface area contributed by atoms with Gasteiger partial charge in [0.05, 0.1) is 5.69 Å². The predicted molar refractivity (Wildman–Crippen MR) is 66.4 cm³/mol. The quantitative estimate of drug-likeness (QED) is 0.829. The number of nitrogen functional groups attached to an aromatic ring is 1. The molecule has 1 amide bonds. The number of amides is 1. The molecular formula is C12H21N3O. The summed E-state index contributed by atoms with van der Waals surface area (Å²) in [5.41, 5.74) is 7.06. The standard InChI is InChI=1S/C12H21N3O/c1-4-7-14(5-2)12(16)11-8-10(13)9-15(11)6-3/h8-9H,4-7,13H2,1-3H3. The minimum Gasteiger partial charge on any atom is -0.397 e. The summed E-state index contributed by atoms with van der Waals surface area (Å²) in [7, 11) is 0. The summed E-state index contributed by atoms with van der Waals surface area (Å²) in [5, 5.41) is 0. The smallest absolute Gasteiger partial charge is 0.270 e. The minimum absolute atomic E-state index is 0.0721. The van der Waals surface area contributed by atoms with Crippen molar-refractivity contribution in [2.24, 2.45) is 0 Å². The zero-order valence-corrected chi connectivity index (χ0v) is 10.4. The van der Waals surface area contributed by atoms with Crippen LogP contribution in [0.25, 0.3) is 0 Å². The molecule has 16 heavy (non-hydrogen) atoms. The third kappa shape index (κ3) is 2.56. The Bertz CT molecular complexity index is 357. The first-order chi connectivity index (χ1) is 7.63. The van der Waals surface area contributed by atoms with Gasteiger partial charge in [-0.2, -0.15) is 0 Å². The predicted octanol–water partition coefficient (Wildman–Crippen LogP) is 1.96. The van der Waals surface area contributed by atoms with E-state index < -0.39 is 0 Å². The number of aryl methyl sites for hydroxylation is 1. The Labute approximate surface area is 97.0 Å². The fourth-order valence-corrected chi connectivity index (χ4v) is 1.81. The Morgan fingerprint density at radius 1 is 1.44 bits per heavy atom. The van der Waals surface area contributed by atoms with Gasteiger partial charge < -0.3 is 15.2 Å². The molecule has 0 aromatic carbocycles. The van der Waals surface area contributed by atoms with E-state index >= 15 is 0 Å². The average Bonchev–Trinajstić information content (AvgIpc) is 2.66. The first kappa shape index (κ1) is 12.6. The number of nitrogens with two attached hydrogens (primary N) is 1. The van der Waals surface area contributed by atoms with Crippen LogP contribution in [0.15, 0.2) is 12.3 Å². The summed E-state index contributed by atoms with van der Waals surface area (Å²) in [5.74, 6) is 0.0721. The molecule has 1 aromatic rings. The minimum atomic E-state index is 0.0721. The van der Waals surface area contributed by atoms with Gasteiger partial charge >= 0.3 is 0 Å². The molecule has 1 aromatic heterocycles. The fraction of sp³-hybridized carbons (Fsp3) is 0.583. The molecule has 1 rings (SSSR count). The molecule has 0 aliphatic carbocycles. The monoisotopic (exact) mass is 223 g/mol. The number of aromatic nitrogens is 1. The van der Waals surface area contributed by atoms with Crippen molar-refractivity contribution in [3.63, 3.8) is 0 Å². The van der Waals surface area contributed by atoms with Crippen LogP contribution in [-0.4, -0.2) is 28.5 Å². The summed E-state index contributed by atoms with van der Waals surface area (Å²) < 4.78 is 1.90. The van der Waals surface area contributed by atoms with Crippen molar-refractivity contribution >= 4 is 11.6 Å². The first-order valence-electron chi connectivity index (χ1n) is 5.88. The second-order valence-corrected chi connectivity index (χ2v) is 3.83. The summed E-state index contributed by atoms with van der Waals surface area (Å²) in [4.78, 5) is 14.1. The van der Waals surface area contributed by atoms with Crippen molar-refractivity contribution < 1.29 is 4.79 Å². The lowest BCUT2D eigenvalue weighted by molar-refractivity contribution is 0.0754. The van der Waals surface area contributed by atoms with Crippen LogP contribution < -0.4 is 5.73 Å². The third-order valence-electron chi connectivity index (χ3n) is 2.64. The van der Waals surface area contributed by atoms with E-state index in [9.17, 15) is 4.79 Å². The summed E-state index contributed by atoms with van der Waals surface area (Å²) in [6.07, 6.45) is 2.79. The van der Waals surface area contributed by atoms with Gasteiger partial charge in [0, 0.05) is 25.8 Å². The molecule has 0 bridgehead atoms. The average molecular weight is 223 g/mol. The number of anilines is 1. The lowest BCUT2D eigenvalue weighted by Gasteiger charge is -2.20. The maximum Gasteiger partial charge on any atom is 0.270 e. The van der Waals surface area contributed by atoms with E-state index in [1.54, 1.807) is 6.07 Å². The number of carbonyl (C=O) groups excluding carboxylic acids is 1. The van der Waals surface area contributed by atoms with Gasteiger partial charge in [0.25, 0.3) is 5.91 Å². The van der Waals surface area contributed by atoms with Crippen molar-refractivity contribution in [2.45, 2.75) is 33.7 Å². The zero-order valence-electron chi connectivity index (χ0n) is 10.4. The van der Waals surface area contributed by atoms with Gasteiger partial charge in [0.15, 0.2) is 0 Å². The van der Waals surface area contributed by atoms with Gasteiger partial charge in [0.2, 0.25) is 0 Å². The van der Waals surface area contributed by atoms with Gasteiger partial charge in [-0.1, -0.05) is 6.92 Å². The molecule has 0 fully saturated rings. The molecule has 2 N–H and O–H groups in total. The molecule has 0 saturated heterocycles. The zero-order chi connectivity index (χ0) is 12.1. The van der Waals surface area contributed by atoms with Crippen LogP contribution in [0.2, 0.25) is 0 Å². The van der Waals surface area contributed by atoms with E-state index in [2.05, 4.69) is 6.92 Å². The molecule has 0 aliphatic heterocycles. The van der Waals surface area contributed by atoms with Gasteiger partial charge in [-0.15, -0.1) is 0 Å². The number of rotatable bonds is 5. The van der Waals surface area contributed by atoms with Crippen LogP contribution in [0.4, 0.5) is 5.69 Å². The second kappa shape index (κ2) is 5.58. The van der Waals surface area contributed by atoms with Crippen LogP contribution in [0, 0.1) is 0 Å². The molecule has 0 spiro atoms.